The maximum Gasteiger partial charge on any atom is 0.249 e. The van der Waals surface area contributed by atoms with Gasteiger partial charge in [-0.3, -0.25) is 9.69 Å². The quantitative estimate of drug-likeness (QED) is 0.651. The summed E-state index contributed by atoms with van der Waals surface area (Å²) in [6, 6.07) is 13.3. The summed E-state index contributed by atoms with van der Waals surface area (Å²) in [5, 5.41) is 5.10. The fourth-order valence-corrected chi connectivity index (χ4v) is 5.76. The highest BCUT2D eigenvalue weighted by atomic mass is 35.5. The number of hydrogen-bond acceptors (Lipinski definition) is 2. The van der Waals surface area contributed by atoms with Crippen LogP contribution in [-0.4, -0.2) is 23.4 Å². The van der Waals surface area contributed by atoms with Crippen molar-refractivity contribution in [2.75, 3.05) is 11.9 Å². The van der Waals surface area contributed by atoms with Crippen molar-refractivity contribution in [2.45, 2.75) is 24.4 Å². The molecule has 1 aliphatic carbocycles. The van der Waals surface area contributed by atoms with Crippen molar-refractivity contribution in [1.29, 1.82) is 0 Å². The number of halogens is 3. The van der Waals surface area contributed by atoms with Crippen molar-refractivity contribution in [3.8, 4) is 0 Å². The summed E-state index contributed by atoms with van der Waals surface area (Å²) in [4.78, 5) is 15.9. The number of likely N-dealkylation sites (tertiary alicyclic amines) is 1. The summed E-state index contributed by atoms with van der Waals surface area (Å²) in [7, 11) is 0. The zero-order valence-electron chi connectivity index (χ0n) is 15.5. The number of carbonyl (C=O) groups excluding carboxylic acids is 1. The Morgan fingerprint density at radius 1 is 1.10 bits per heavy atom. The molecule has 0 saturated carbocycles. The van der Waals surface area contributed by atoms with Gasteiger partial charge in [-0.2, -0.15) is 0 Å². The first-order valence-corrected chi connectivity index (χ1v) is 10.8. The summed E-state index contributed by atoms with van der Waals surface area (Å²) >= 11 is 19.1. The van der Waals surface area contributed by atoms with Gasteiger partial charge in [0.25, 0.3) is 0 Å². The Morgan fingerprint density at radius 3 is 2.76 bits per heavy atom. The minimum absolute atomic E-state index is 0.0202. The highest BCUT2D eigenvalue weighted by Crippen LogP contribution is 2.50. The fourth-order valence-electron chi connectivity index (χ4n) is 5.02. The van der Waals surface area contributed by atoms with E-state index in [2.05, 4.69) is 16.3 Å². The summed E-state index contributed by atoms with van der Waals surface area (Å²) in [5.41, 5.74) is 1.83. The van der Waals surface area contributed by atoms with Crippen LogP contribution in [0.25, 0.3) is 0 Å². The smallest absolute Gasteiger partial charge is 0.249 e. The Bertz CT molecular complexity index is 1060. The van der Waals surface area contributed by atoms with Gasteiger partial charge < -0.3 is 5.32 Å². The molecule has 1 saturated heterocycles. The van der Waals surface area contributed by atoms with E-state index in [0.717, 1.165) is 34.8 Å². The molecule has 3 atom stereocenters. The number of carbonyl (C=O) groups is 1. The molecule has 2 aliphatic heterocycles. The molecule has 0 bridgehead atoms. The van der Waals surface area contributed by atoms with E-state index in [0.29, 0.717) is 22.4 Å². The fraction of sp³-hybridized carbons (Fsp3) is 0.261. The van der Waals surface area contributed by atoms with Crippen LogP contribution in [0.4, 0.5) is 5.69 Å². The van der Waals surface area contributed by atoms with Gasteiger partial charge in [0.2, 0.25) is 5.91 Å². The second kappa shape index (κ2) is 7.17. The number of nitrogens with zero attached hydrogens (tertiary/aromatic N) is 1. The number of anilines is 1. The predicted molar refractivity (Wildman–Crippen MR) is 119 cm³/mol. The molecule has 0 aromatic heterocycles. The van der Waals surface area contributed by atoms with E-state index in [1.165, 1.54) is 0 Å². The molecule has 3 aliphatic rings. The van der Waals surface area contributed by atoms with Crippen LogP contribution in [0.2, 0.25) is 10.0 Å². The SMILES string of the molecule is O=C1Nc2cc(Cl)ccc2C1(Cc1cccc(Cl)c1)N1CCC2C=CC=C(Cl)C21. The van der Waals surface area contributed by atoms with Crippen molar-refractivity contribution < 1.29 is 4.79 Å². The van der Waals surface area contributed by atoms with Crippen molar-refractivity contribution >= 4 is 46.4 Å². The molecule has 1 N–H and O–H groups in total. The van der Waals surface area contributed by atoms with Crippen LogP contribution in [0.5, 0.6) is 0 Å². The monoisotopic (exact) mass is 444 g/mol. The molecule has 1 amide bonds. The lowest BCUT2D eigenvalue weighted by atomic mass is 9.81. The second-order valence-corrected chi connectivity index (χ2v) is 9.15. The van der Waals surface area contributed by atoms with E-state index in [1.807, 2.05) is 54.6 Å². The molecule has 29 heavy (non-hydrogen) atoms. The number of allylic oxidation sites excluding steroid dienone is 2. The van der Waals surface area contributed by atoms with Gasteiger partial charge in [0.1, 0.15) is 5.54 Å². The van der Waals surface area contributed by atoms with Crippen LogP contribution in [0.15, 0.2) is 65.7 Å². The van der Waals surface area contributed by atoms with Gasteiger partial charge in [-0.25, -0.2) is 0 Å². The lowest BCUT2D eigenvalue weighted by Gasteiger charge is -2.42. The standard InChI is InChI=1S/C23H19Cl3N2O/c24-16-5-1-3-14(11-16)13-23(18-8-7-17(25)12-20(18)27-22(23)29)28-10-9-15-4-2-6-19(26)21(15)28/h1-8,11-12,15,21H,9-10,13H2,(H,27,29). The molecule has 148 valence electrons. The number of fused-ring (bicyclic) bond motifs is 2. The molecule has 2 aromatic rings. The molecular weight excluding hydrogens is 427 g/mol. The van der Waals surface area contributed by atoms with E-state index < -0.39 is 5.54 Å². The minimum Gasteiger partial charge on any atom is -0.324 e. The van der Waals surface area contributed by atoms with Crippen molar-refractivity contribution in [2.24, 2.45) is 5.92 Å². The second-order valence-electron chi connectivity index (χ2n) is 7.84. The first-order valence-electron chi connectivity index (χ1n) is 9.65. The molecular formula is C23H19Cl3N2O. The predicted octanol–water partition coefficient (Wildman–Crippen LogP) is 5.77. The molecule has 5 rings (SSSR count). The summed E-state index contributed by atoms with van der Waals surface area (Å²) in [6.45, 7) is 0.778. The number of hydrogen-bond donors (Lipinski definition) is 1. The Balaban J connectivity index is 1.68. The maximum atomic E-state index is 13.6. The Kier molecular flexibility index (Phi) is 4.75. The van der Waals surface area contributed by atoms with Gasteiger partial charge in [-0.15, -0.1) is 0 Å². The molecule has 2 heterocycles. The average Bonchev–Trinajstić information content (AvgIpc) is 3.22. The largest absolute Gasteiger partial charge is 0.324 e. The van der Waals surface area contributed by atoms with Gasteiger partial charge in [0.05, 0.1) is 6.04 Å². The lowest BCUT2D eigenvalue weighted by molar-refractivity contribution is -0.128. The molecule has 3 nitrogen and oxygen atoms in total. The topological polar surface area (TPSA) is 32.3 Å². The van der Waals surface area contributed by atoms with E-state index in [-0.39, 0.29) is 11.9 Å². The van der Waals surface area contributed by atoms with E-state index >= 15 is 0 Å². The summed E-state index contributed by atoms with van der Waals surface area (Å²) in [6.07, 6.45) is 7.60. The number of amides is 1. The molecule has 1 fully saturated rings. The minimum atomic E-state index is -0.872. The Labute approximate surface area is 184 Å². The lowest BCUT2D eigenvalue weighted by Crippen LogP contribution is -2.55. The van der Waals surface area contributed by atoms with Crippen LogP contribution >= 0.6 is 34.8 Å². The van der Waals surface area contributed by atoms with E-state index in [9.17, 15) is 4.79 Å². The Hall–Kier alpha value is -1.78. The van der Waals surface area contributed by atoms with Crippen molar-refractivity contribution in [3.05, 3.63) is 86.9 Å². The number of rotatable bonds is 3. The number of nitrogens with one attached hydrogen (secondary N) is 1. The average molecular weight is 446 g/mol. The van der Waals surface area contributed by atoms with Crippen LogP contribution in [0.1, 0.15) is 17.5 Å². The van der Waals surface area contributed by atoms with Crippen molar-refractivity contribution in [1.82, 2.24) is 4.90 Å². The maximum absolute atomic E-state index is 13.6. The van der Waals surface area contributed by atoms with Gasteiger partial charge in [0.15, 0.2) is 0 Å². The third-order valence-corrected chi connectivity index (χ3v) is 7.05. The van der Waals surface area contributed by atoms with E-state index in [4.69, 9.17) is 34.8 Å². The van der Waals surface area contributed by atoms with Gasteiger partial charge in [0, 0.05) is 39.3 Å². The van der Waals surface area contributed by atoms with Crippen LogP contribution in [0.3, 0.4) is 0 Å². The van der Waals surface area contributed by atoms with Gasteiger partial charge in [-0.1, -0.05) is 65.2 Å². The molecule has 6 heteroatoms. The first kappa shape index (κ1) is 19.2. The molecule has 0 spiro atoms. The van der Waals surface area contributed by atoms with Gasteiger partial charge in [-0.05, 0) is 48.2 Å². The molecule has 3 unspecified atom stereocenters. The van der Waals surface area contributed by atoms with Crippen molar-refractivity contribution in [3.63, 3.8) is 0 Å². The molecule has 0 radical (unpaired) electrons. The summed E-state index contributed by atoms with van der Waals surface area (Å²) in [5.74, 6) is 0.252. The van der Waals surface area contributed by atoms with Crippen LogP contribution < -0.4 is 5.32 Å². The van der Waals surface area contributed by atoms with Crippen LogP contribution in [-0.2, 0) is 16.8 Å². The number of benzene rings is 2. The highest BCUT2D eigenvalue weighted by Gasteiger charge is 2.56. The Morgan fingerprint density at radius 2 is 1.93 bits per heavy atom. The molecule has 2 aromatic carbocycles. The van der Waals surface area contributed by atoms with E-state index in [1.54, 1.807) is 0 Å². The highest BCUT2D eigenvalue weighted by molar-refractivity contribution is 6.31. The van der Waals surface area contributed by atoms with Crippen LogP contribution in [0, 0.1) is 5.92 Å². The first-order chi connectivity index (χ1) is 14.0. The summed E-state index contributed by atoms with van der Waals surface area (Å²) < 4.78 is 0. The third kappa shape index (κ3) is 3.03. The zero-order chi connectivity index (χ0) is 20.2. The zero-order valence-corrected chi connectivity index (χ0v) is 17.8. The normalized spacial score (nSPS) is 28.1. The third-order valence-electron chi connectivity index (χ3n) is 6.23. The van der Waals surface area contributed by atoms with Gasteiger partial charge >= 0.3 is 0 Å².